The van der Waals surface area contributed by atoms with Gasteiger partial charge in [0.2, 0.25) is 5.43 Å². The summed E-state index contributed by atoms with van der Waals surface area (Å²) in [5.74, 6) is -0.733. The van der Waals surface area contributed by atoms with Gasteiger partial charge in [-0.1, -0.05) is 24.3 Å². The molecule has 6 nitrogen and oxygen atoms in total. The molecule has 0 aliphatic carbocycles. The van der Waals surface area contributed by atoms with E-state index in [0.29, 0.717) is 17.7 Å². The van der Waals surface area contributed by atoms with Crippen molar-refractivity contribution in [3.05, 3.63) is 75.6 Å². The zero-order chi connectivity index (χ0) is 20.5. The number of amides is 1. The second kappa shape index (κ2) is 7.54. The summed E-state index contributed by atoms with van der Waals surface area (Å²) in [5, 5.41) is 3.36. The van der Waals surface area contributed by atoms with Crippen LogP contribution in [-0.4, -0.2) is 23.1 Å². The third-order valence-electron chi connectivity index (χ3n) is 5.24. The predicted octanol–water partition coefficient (Wildman–Crippen LogP) is 3.48. The van der Waals surface area contributed by atoms with Gasteiger partial charge in [-0.25, -0.2) is 0 Å². The van der Waals surface area contributed by atoms with Crippen molar-refractivity contribution in [1.29, 1.82) is 0 Å². The van der Waals surface area contributed by atoms with E-state index in [1.54, 1.807) is 43.5 Å². The van der Waals surface area contributed by atoms with Crippen LogP contribution in [0.4, 0.5) is 5.69 Å². The van der Waals surface area contributed by atoms with E-state index in [0.717, 1.165) is 23.1 Å². The van der Waals surface area contributed by atoms with Gasteiger partial charge in [-0.05, 0) is 49.6 Å². The summed E-state index contributed by atoms with van der Waals surface area (Å²) in [6.07, 6.45) is 2.69. The average Bonchev–Trinajstić information content (AvgIpc) is 3.02. The quantitative estimate of drug-likeness (QED) is 0.677. The molecule has 0 spiro atoms. The number of rotatable bonds is 5. The van der Waals surface area contributed by atoms with Gasteiger partial charge in [0.05, 0.1) is 18.5 Å². The number of nitrogens with one attached hydrogen (secondary N) is 1. The van der Waals surface area contributed by atoms with E-state index in [-0.39, 0.29) is 29.4 Å². The van der Waals surface area contributed by atoms with Gasteiger partial charge < -0.3 is 14.6 Å². The number of esters is 1. The van der Waals surface area contributed by atoms with Crippen molar-refractivity contribution in [3.63, 3.8) is 0 Å². The Morgan fingerprint density at radius 1 is 1.17 bits per heavy atom. The maximum absolute atomic E-state index is 12.9. The van der Waals surface area contributed by atoms with Gasteiger partial charge in [-0.3, -0.25) is 14.4 Å². The van der Waals surface area contributed by atoms with Crippen molar-refractivity contribution in [2.75, 3.05) is 11.9 Å². The monoisotopic (exact) mass is 390 g/mol. The Kier molecular flexibility index (Phi) is 4.92. The number of pyridine rings is 1. The second-order valence-corrected chi connectivity index (χ2v) is 7.28. The molecular formula is C23H22N2O4. The largest absolute Gasteiger partial charge is 0.466 e. The van der Waals surface area contributed by atoms with E-state index in [9.17, 15) is 14.4 Å². The predicted molar refractivity (Wildman–Crippen MR) is 111 cm³/mol. The molecule has 0 unspecified atom stereocenters. The van der Waals surface area contributed by atoms with E-state index in [1.807, 2.05) is 16.7 Å². The molecule has 2 heterocycles. The van der Waals surface area contributed by atoms with E-state index in [1.165, 1.54) is 0 Å². The van der Waals surface area contributed by atoms with Crippen molar-refractivity contribution in [2.45, 2.75) is 32.7 Å². The fourth-order valence-corrected chi connectivity index (χ4v) is 3.86. The van der Waals surface area contributed by atoms with Gasteiger partial charge in [-0.15, -0.1) is 0 Å². The molecule has 6 heteroatoms. The maximum atomic E-state index is 12.9. The van der Waals surface area contributed by atoms with Gasteiger partial charge >= 0.3 is 5.97 Å². The number of hydrogen-bond donors (Lipinski definition) is 1. The standard InChI is InChI=1S/C23H22N2O4/c1-3-29-20(26)12-15-7-9-17(10-8-15)24-23(28)19-13-25-14(2)11-16-5-4-6-18(21(16)25)22(19)27/h4-10,13-14H,3,11-12H2,1-2H3,(H,24,28)/t14-/m1/s1. The van der Waals surface area contributed by atoms with Crippen molar-refractivity contribution in [2.24, 2.45) is 0 Å². The topological polar surface area (TPSA) is 77.4 Å². The summed E-state index contributed by atoms with van der Waals surface area (Å²) in [7, 11) is 0. The molecule has 1 amide bonds. The van der Waals surface area contributed by atoms with E-state index in [4.69, 9.17) is 4.74 Å². The lowest BCUT2D eigenvalue weighted by atomic mass is 10.1. The van der Waals surface area contributed by atoms with E-state index < -0.39 is 5.91 Å². The van der Waals surface area contributed by atoms with Crippen LogP contribution < -0.4 is 10.7 Å². The fraction of sp³-hybridized carbons (Fsp3) is 0.261. The minimum absolute atomic E-state index is 0.124. The van der Waals surface area contributed by atoms with Gasteiger partial charge in [0.15, 0.2) is 0 Å². The summed E-state index contributed by atoms with van der Waals surface area (Å²) in [6.45, 7) is 4.18. The summed E-state index contributed by atoms with van der Waals surface area (Å²) in [5.41, 5.74) is 3.27. The number of ether oxygens (including phenoxy) is 1. The number of hydrogen-bond acceptors (Lipinski definition) is 4. The molecule has 1 N–H and O–H groups in total. The van der Waals surface area contributed by atoms with Crippen LogP contribution >= 0.6 is 0 Å². The van der Waals surface area contributed by atoms with Crippen molar-refractivity contribution in [1.82, 2.24) is 4.57 Å². The number of carbonyl (C=O) groups excluding carboxylic acids is 2. The average molecular weight is 390 g/mol. The smallest absolute Gasteiger partial charge is 0.310 e. The third kappa shape index (κ3) is 3.53. The number of para-hydroxylation sites is 1. The Hall–Kier alpha value is -3.41. The Bertz CT molecular complexity index is 1160. The molecule has 29 heavy (non-hydrogen) atoms. The molecule has 0 radical (unpaired) electrons. The van der Waals surface area contributed by atoms with Gasteiger partial charge in [0.25, 0.3) is 5.91 Å². The molecule has 1 aliphatic rings. The molecule has 1 aromatic heterocycles. The van der Waals surface area contributed by atoms with Gasteiger partial charge in [-0.2, -0.15) is 0 Å². The highest BCUT2D eigenvalue weighted by Crippen LogP contribution is 2.31. The zero-order valence-corrected chi connectivity index (χ0v) is 16.4. The Balaban J connectivity index is 1.58. The lowest BCUT2D eigenvalue weighted by Gasteiger charge is -2.13. The highest BCUT2D eigenvalue weighted by molar-refractivity contribution is 6.06. The fourth-order valence-electron chi connectivity index (χ4n) is 3.86. The van der Waals surface area contributed by atoms with Crippen LogP contribution in [0.15, 0.2) is 53.5 Å². The van der Waals surface area contributed by atoms with Crippen LogP contribution in [-0.2, 0) is 22.4 Å². The highest BCUT2D eigenvalue weighted by atomic mass is 16.5. The summed E-state index contributed by atoms with van der Waals surface area (Å²) in [4.78, 5) is 37.3. The maximum Gasteiger partial charge on any atom is 0.310 e. The molecule has 0 bridgehead atoms. The number of carbonyl (C=O) groups is 2. The first-order valence-electron chi connectivity index (χ1n) is 9.70. The van der Waals surface area contributed by atoms with Crippen LogP contribution in [0.2, 0.25) is 0 Å². The number of aromatic nitrogens is 1. The number of benzene rings is 2. The molecule has 148 valence electrons. The second-order valence-electron chi connectivity index (χ2n) is 7.28. The van der Waals surface area contributed by atoms with Crippen molar-refractivity contribution < 1.29 is 14.3 Å². The molecule has 4 rings (SSSR count). The minimum Gasteiger partial charge on any atom is -0.466 e. The van der Waals surface area contributed by atoms with Crippen LogP contribution in [0.3, 0.4) is 0 Å². The summed E-state index contributed by atoms with van der Waals surface area (Å²) in [6, 6.07) is 12.8. The minimum atomic E-state index is -0.441. The molecule has 3 aromatic rings. The Morgan fingerprint density at radius 2 is 1.93 bits per heavy atom. The normalized spacial score (nSPS) is 14.8. The Labute approximate surface area is 168 Å². The number of anilines is 1. The SMILES string of the molecule is CCOC(=O)Cc1ccc(NC(=O)c2cn3c4c(cccc4c2=O)C[C@H]3C)cc1. The molecule has 0 saturated carbocycles. The molecule has 2 aromatic carbocycles. The van der Waals surface area contributed by atoms with Gasteiger partial charge in [0.1, 0.15) is 5.56 Å². The summed E-state index contributed by atoms with van der Waals surface area (Å²) < 4.78 is 6.95. The first-order valence-corrected chi connectivity index (χ1v) is 9.70. The first-order chi connectivity index (χ1) is 14.0. The molecular weight excluding hydrogens is 368 g/mol. The zero-order valence-electron chi connectivity index (χ0n) is 16.4. The van der Waals surface area contributed by atoms with E-state index >= 15 is 0 Å². The van der Waals surface area contributed by atoms with Gasteiger partial charge in [0, 0.05) is 23.3 Å². The van der Waals surface area contributed by atoms with Crippen molar-refractivity contribution in [3.8, 4) is 0 Å². The molecule has 1 aliphatic heterocycles. The lowest BCUT2D eigenvalue weighted by molar-refractivity contribution is -0.142. The first kappa shape index (κ1) is 18.9. The lowest BCUT2D eigenvalue weighted by Crippen LogP contribution is -2.23. The van der Waals surface area contributed by atoms with Crippen molar-refractivity contribution >= 4 is 28.5 Å². The molecule has 0 saturated heterocycles. The van der Waals surface area contributed by atoms with E-state index in [2.05, 4.69) is 12.2 Å². The van der Waals surface area contributed by atoms with Crippen LogP contribution in [0, 0.1) is 0 Å². The molecule has 1 atom stereocenters. The van der Waals surface area contributed by atoms with Crippen LogP contribution in [0.5, 0.6) is 0 Å². The van der Waals surface area contributed by atoms with Crippen LogP contribution in [0.1, 0.15) is 41.4 Å². The number of nitrogens with zero attached hydrogens (tertiary/aromatic N) is 1. The Morgan fingerprint density at radius 3 is 2.66 bits per heavy atom. The summed E-state index contributed by atoms with van der Waals surface area (Å²) >= 11 is 0. The van der Waals surface area contributed by atoms with Crippen LogP contribution in [0.25, 0.3) is 10.9 Å². The molecule has 0 fully saturated rings. The highest BCUT2D eigenvalue weighted by Gasteiger charge is 2.24. The third-order valence-corrected chi connectivity index (χ3v) is 5.24.